The van der Waals surface area contributed by atoms with Gasteiger partial charge in [0.2, 0.25) is 5.95 Å². The summed E-state index contributed by atoms with van der Waals surface area (Å²) in [6, 6.07) is 11.7. The number of carbonyl (C=O) groups excluding carboxylic acids is 2. The largest absolute Gasteiger partial charge is 0.366 e. The third kappa shape index (κ3) is 4.35. The van der Waals surface area contributed by atoms with Gasteiger partial charge in [0.05, 0.1) is 16.8 Å². The van der Waals surface area contributed by atoms with Crippen molar-refractivity contribution in [2.45, 2.75) is 31.7 Å². The molecular formula is C28H27FN8O2. The molecule has 0 radical (unpaired) electrons. The Labute approximate surface area is 223 Å². The van der Waals surface area contributed by atoms with Crippen molar-refractivity contribution in [3.63, 3.8) is 0 Å². The van der Waals surface area contributed by atoms with Gasteiger partial charge in [0, 0.05) is 37.3 Å². The molecule has 1 aliphatic carbocycles. The van der Waals surface area contributed by atoms with Crippen LogP contribution in [0.4, 0.5) is 16.0 Å². The Morgan fingerprint density at radius 3 is 2.64 bits per heavy atom. The Morgan fingerprint density at radius 1 is 1.13 bits per heavy atom. The topological polar surface area (TPSA) is 135 Å². The van der Waals surface area contributed by atoms with E-state index in [2.05, 4.69) is 20.3 Å². The predicted molar refractivity (Wildman–Crippen MR) is 146 cm³/mol. The lowest BCUT2D eigenvalue weighted by atomic mass is 10.2. The van der Waals surface area contributed by atoms with Crippen LogP contribution in [-0.2, 0) is 0 Å². The second kappa shape index (κ2) is 9.50. The number of nitrogens with one attached hydrogen (secondary N) is 2. The van der Waals surface area contributed by atoms with E-state index in [-0.39, 0.29) is 23.6 Å². The summed E-state index contributed by atoms with van der Waals surface area (Å²) in [4.78, 5) is 42.9. The number of para-hydroxylation sites is 1. The second-order valence-corrected chi connectivity index (χ2v) is 9.98. The fourth-order valence-corrected chi connectivity index (χ4v) is 5.25. The molecule has 11 heteroatoms. The maximum absolute atomic E-state index is 15.2. The zero-order chi connectivity index (χ0) is 27.3. The molecule has 1 fully saturated rings. The number of carbonyl (C=O) groups is 2. The van der Waals surface area contributed by atoms with Crippen LogP contribution in [0, 0.1) is 5.82 Å². The number of aromatic amines is 1. The maximum Gasteiger partial charge on any atom is 0.270 e. The molecule has 4 N–H and O–H groups in total. The minimum absolute atomic E-state index is 0.0930. The molecule has 0 spiro atoms. The van der Waals surface area contributed by atoms with Crippen LogP contribution in [0.25, 0.3) is 33.5 Å². The number of anilines is 2. The fraction of sp³-hybridized carbons (Fsp3) is 0.250. The molecule has 1 aliphatic rings. The Morgan fingerprint density at radius 2 is 1.92 bits per heavy atom. The van der Waals surface area contributed by atoms with E-state index in [1.165, 1.54) is 6.07 Å². The first-order valence-corrected chi connectivity index (χ1v) is 12.8. The first-order valence-electron chi connectivity index (χ1n) is 12.8. The van der Waals surface area contributed by atoms with E-state index >= 15 is 4.39 Å². The molecule has 10 nitrogen and oxygen atoms in total. The van der Waals surface area contributed by atoms with Gasteiger partial charge < -0.3 is 25.5 Å². The molecular weight excluding hydrogens is 499 g/mol. The average Bonchev–Trinajstić information content (AvgIpc) is 3.66. The summed E-state index contributed by atoms with van der Waals surface area (Å²) in [7, 11) is 3.46. The van der Waals surface area contributed by atoms with E-state index < -0.39 is 11.7 Å². The highest BCUT2D eigenvalue weighted by atomic mass is 19.1. The summed E-state index contributed by atoms with van der Waals surface area (Å²) >= 11 is 0. The van der Waals surface area contributed by atoms with Crippen molar-refractivity contribution in [3.05, 3.63) is 65.7 Å². The van der Waals surface area contributed by atoms with Crippen molar-refractivity contribution >= 4 is 45.5 Å². The number of benzene rings is 2. The maximum atomic E-state index is 15.2. The molecule has 0 aliphatic heterocycles. The van der Waals surface area contributed by atoms with Gasteiger partial charge in [-0.3, -0.25) is 9.59 Å². The lowest BCUT2D eigenvalue weighted by Crippen LogP contribution is -2.25. The van der Waals surface area contributed by atoms with Crippen molar-refractivity contribution in [1.29, 1.82) is 0 Å². The molecule has 5 aromatic rings. The molecule has 0 saturated heterocycles. The number of rotatable bonds is 6. The van der Waals surface area contributed by atoms with Crippen molar-refractivity contribution in [1.82, 2.24) is 29.4 Å². The number of hydrogen-bond acceptors (Lipinski definition) is 6. The number of hydrogen-bond donors (Lipinski definition) is 3. The van der Waals surface area contributed by atoms with Crippen molar-refractivity contribution in [2.75, 3.05) is 19.4 Å². The van der Waals surface area contributed by atoms with Gasteiger partial charge in [-0.2, -0.15) is 4.98 Å². The number of fused-ring (bicyclic) bond motifs is 2. The third-order valence-corrected chi connectivity index (χ3v) is 7.16. The summed E-state index contributed by atoms with van der Waals surface area (Å²) < 4.78 is 17.2. The van der Waals surface area contributed by atoms with Crippen LogP contribution >= 0.6 is 0 Å². The molecule has 0 bridgehead atoms. The number of nitrogens with zero attached hydrogens (tertiary/aromatic N) is 5. The van der Waals surface area contributed by atoms with Crippen LogP contribution in [0.2, 0.25) is 0 Å². The van der Waals surface area contributed by atoms with Gasteiger partial charge in [-0.15, -0.1) is 0 Å². The Bertz CT molecular complexity index is 1750. The summed E-state index contributed by atoms with van der Waals surface area (Å²) in [5.41, 5.74) is 8.73. The normalized spacial score (nSPS) is 13.8. The molecule has 1 saturated carbocycles. The van der Waals surface area contributed by atoms with Gasteiger partial charge in [-0.1, -0.05) is 18.9 Å². The van der Waals surface area contributed by atoms with E-state index in [1.54, 1.807) is 55.5 Å². The van der Waals surface area contributed by atoms with Gasteiger partial charge in [-0.05, 0) is 49.2 Å². The molecule has 3 heterocycles. The summed E-state index contributed by atoms with van der Waals surface area (Å²) in [5.74, 6) is -0.566. The third-order valence-electron chi connectivity index (χ3n) is 7.16. The highest BCUT2D eigenvalue weighted by molar-refractivity contribution is 6.04. The van der Waals surface area contributed by atoms with Gasteiger partial charge in [0.1, 0.15) is 28.5 Å². The second-order valence-electron chi connectivity index (χ2n) is 9.98. The number of halogens is 1. The smallest absolute Gasteiger partial charge is 0.270 e. The minimum Gasteiger partial charge on any atom is -0.366 e. The van der Waals surface area contributed by atoms with Crippen molar-refractivity contribution in [3.8, 4) is 11.4 Å². The SMILES string of the molecule is CN(C)C(=O)c1cc2cnc(Nc3ccc(-c4nc5c(C(N)=O)cccc5[nH]4)cc3F)nc2n1C1CCCC1. The molecule has 2 aromatic carbocycles. The number of H-pyrrole nitrogens is 1. The van der Waals surface area contributed by atoms with E-state index in [1.807, 2.05) is 10.6 Å². The van der Waals surface area contributed by atoms with Crippen LogP contribution in [0.15, 0.2) is 48.7 Å². The number of primary amides is 1. The van der Waals surface area contributed by atoms with Gasteiger partial charge in [0.15, 0.2) is 0 Å². The number of imidazole rings is 1. The molecule has 198 valence electrons. The van der Waals surface area contributed by atoms with Gasteiger partial charge >= 0.3 is 0 Å². The van der Waals surface area contributed by atoms with Gasteiger partial charge in [-0.25, -0.2) is 14.4 Å². The summed E-state index contributed by atoms with van der Waals surface area (Å²) in [6.45, 7) is 0. The van der Waals surface area contributed by atoms with Crippen molar-refractivity contribution in [2.24, 2.45) is 5.73 Å². The van der Waals surface area contributed by atoms with E-state index in [0.29, 0.717) is 39.3 Å². The van der Waals surface area contributed by atoms with E-state index in [0.717, 1.165) is 31.1 Å². The van der Waals surface area contributed by atoms with Gasteiger partial charge in [0.25, 0.3) is 11.8 Å². The number of amides is 2. The number of aromatic nitrogens is 5. The Kier molecular flexibility index (Phi) is 5.97. The summed E-state index contributed by atoms with van der Waals surface area (Å²) in [5, 5.41) is 3.73. The predicted octanol–water partition coefficient (Wildman–Crippen LogP) is 4.77. The van der Waals surface area contributed by atoms with E-state index in [4.69, 9.17) is 10.7 Å². The van der Waals surface area contributed by atoms with Crippen LogP contribution in [-0.4, -0.2) is 55.3 Å². The molecule has 0 atom stereocenters. The first-order chi connectivity index (χ1) is 18.8. The molecule has 39 heavy (non-hydrogen) atoms. The zero-order valence-electron chi connectivity index (χ0n) is 21.5. The first kappa shape index (κ1) is 24.5. The van der Waals surface area contributed by atoms with Crippen molar-refractivity contribution < 1.29 is 14.0 Å². The highest BCUT2D eigenvalue weighted by Crippen LogP contribution is 2.35. The van der Waals surface area contributed by atoms with Crippen LogP contribution in [0.5, 0.6) is 0 Å². The van der Waals surface area contributed by atoms with E-state index in [9.17, 15) is 9.59 Å². The lowest BCUT2D eigenvalue weighted by Gasteiger charge is -2.19. The summed E-state index contributed by atoms with van der Waals surface area (Å²) in [6.07, 6.45) is 5.80. The highest BCUT2D eigenvalue weighted by Gasteiger charge is 2.26. The fourth-order valence-electron chi connectivity index (χ4n) is 5.25. The van der Waals surface area contributed by atoms with Crippen LogP contribution in [0.1, 0.15) is 52.6 Å². The molecule has 2 amide bonds. The lowest BCUT2D eigenvalue weighted by molar-refractivity contribution is 0.0815. The standard InChI is InChI=1S/C28H27FN8O2/c1-36(2)27(39)22-13-16-14-31-28(35-26(16)37(22)17-6-3-4-7-17)33-20-11-10-15(12-19(20)29)25-32-21-9-5-8-18(24(30)38)23(21)34-25/h5,8-14,17H,3-4,6-7H2,1-2H3,(H2,30,38)(H,32,34)(H,31,33,35). The molecule has 3 aromatic heterocycles. The zero-order valence-corrected chi connectivity index (χ0v) is 21.5. The average molecular weight is 527 g/mol. The molecule has 6 rings (SSSR count). The minimum atomic E-state index is -0.585. The Balaban J connectivity index is 1.33. The van der Waals surface area contributed by atoms with Crippen LogP contribution < -0.4 is 11.1 Å². The van der Waals surface area contributed by atoms with Crippen LogP contribution in [0.3, 0.4) is 0 Å². The monoisotopic (exact) mass is 526 g/mol. The number of nitrogens with two attached hydrogens (primary N) is 1. The Hall–Kier alpha value is -4.80. The quantitative estimate of drug-likeness (QED) is 0.292. The molecule has 0 unspecified atom stereocenters.